The molecule has 2 nitrogen and oxygen atoms in total. The summed E-state index contributed by atoms with van der Waals surface area (Å²) in [5.41, 5.74) is -0.210. The zero-order valence-electron chi connectivity index (χ0n) is 8.88. The van der Waals surface area contributed by atoms with Gasteiger partial charge < -0.3 is 0 Å². The number of carbonyl (C=O) groups is 2. The molecular weight excluding hydrogens is 256 g/mol. The van der Waals surface area contributed by atoms with E-state index in [0.717, 1.165) is 25.7 Å². The van der Waals surface area contributed by atoms with Gasteiger partial charge in [-0.3, -0.25) is 9.59 Å². The van der Waals surface area contributed by atoms with E-state index in [0.29, 0.717) is 23.9 Å². The number of halogens is 1. The van der Waals surface area contributed by atoms with Gasteiger partial charge in [0.1, 0.15) is 5.78 Å². The van der Waals surface area contributed by atoms with E-state index in [-0.39, 0.29) is 11.3 Å². The van der Waals surface area contributed by atoms with Gasteiger partial charge in [-0.15, -0.1) is 0 Å². The molecule has 15 heavy (non-hydrogen) atoms. The van der Waals surface area contributed by atoms with Gasteiger partial charge in [0.2, 0.25) is 0 Å². The average Bonchev–Trinajstić information content (AvgIpc) is 2.55. The Hall–Kier alpha value is -0.180. The summed E-state index contributed by atoms with van der Waals surface area (Å²) >= 11 is 3.60. The van der Waals surface area contributed by atoms with E-state index < -0.39 is 4.32 Å². The minimum atomic E-state index is -0.482. The lowest BCUT2D eigenvalue weighted by Crippen LogP contribution is -2.41. The Morgan fingerprint density at radius 2 is 2.07 bits per heavy atom. The van der Waals surface area contributed by atoms with Crippen molar-refractivity contribution in [3.63, 3.8) is 0 Å². The summed E-state index contributed by atoms with van der Waals surface area (Å²) in [5.74, 6) is 0.935. The van der Waals surface area contributed by atoms with Crippen LogP contribution < -0.4 is 0 Å². The molecule has 0 aromatic carbocycles. The molecule has 3 saturated carbocycles. The molecule has 3 aliphatic carbocycles. The van der Waals surface area contributed by atoms with Gasteiger partial charge in [0.25, 0.3) is 0 Å². The third kappa shape index (κ3) is 0.961. The van der Waals surface area contributed by atoms with Crippen LogP contribution >= 0.6 is 15.9 Å². The Labute approximate surface area is 97.9 Å². The van der Waals surface area contributed by atoms with Crippen molar-refractivity contribution >= 4 is 27.5 Å². The molecule has 0 saturated heterocycles. The van der Waals surface area contributed by atoms with Gasteiger partial charge in [-0.1, -0.05) is 22.9 Å². The maximum absolute atomic E-state index is 12.4. The predicted octanol–water partition coefficient (Wildman–Crippen LogP) is 2.49. The maximum Gasteiger partial charge on any atom is 0.156 e. The summed E-state index contributed by atoms with van der Waals surface area (Å²) in [4.78, 5) is 24.4. The van der Waals surface area contributed by atoms with E-state index in [1.807, 2.05) is 0 Å². The van der Waals surface area contributed by atoms with Gasteiger partial charge >= 0.3 is 0 Å². The second-order valence-corrected chi connectivity index (χ2v) is 6.97. The summed E-state index contributed by atoms with van der Waals surface area (Å²) in [6.07, 6.45) is 4.40. The molecule has 0 heterocycles. The second-order valence-electron chi connectivity index (χ2n) is 5.55. The smallest absolute Gasteiger partial charge is 0.156 e. The number of carbonyl (C=O) groups excluding carboxylic acids is 2. The van der Waals surface area contributed by atoms with Crippen LogP contribution in [-0.4, -0.2) is 15.9 Å². The highest BCUT2D eigenvalue weighted by Gasteiger charge is 2.70. The molecule has 3 aliphatic rings. The van der Waals surface area contributed by atoms with Gasteiger partial charge in [0, 0.05) is 17.8 Å². The van der Waals surface area contributed by atoms with Gasteiger partial charge in [-0.2, -0.15) is 0 Å². The molecule has 82 valence electrons. The van der Waals surface area contributed by atoms with Crippen LogP contribution in [0.5, 0.6) is 0 Å². The molecule has 0 N–H and O–H groups in total. The Morgan fingerprint density at radius 1 is 1.33 bits per heavy atom. The van der Waals surface area contributed by atoms with E-state index in [2.05, 4.69) is 22.9 Å². The normalized spacial score (nSPS) is 53.5. The van der Waals surface area contributed by atoms with E-state index in [9.17, 15) is 9.59 Å². The first kappa shape index (κ1) is 10.0. The van der Waals surface area contributed by atoms with Crippen LogP contribution in [-0.2, 0) is 9.59 Å². The molecule has 0 radical (unpaired) electrons. The van der Waals surface area contributed by atoms with Gasteiger partial charge in [0.05, 0.1) is 4.32 Å². The number of hydrogen-bond donors (Lipinski definition) is 0. The van der Waals surface area contributed by atoms with E-state index in [4.69, 9.17) is 0 Å². The fourth-order valence-corrected chi connectivity index (χ4v) is 5.41. The van der Waals surface area contributed by atoms with Crippen molar-refractivity contribution < 1.29 is 9.59 Å². The van der Waals surface area contributed by atoms with Crippen molar-refractivity contribution in [2.24, 2.45) is 17.3 Å². The third-order valence-electron chi connectivity index (χ3n) is 4.90. The number of hydrogen-bond acceptors (Lipinski definition) is 2. The largest absolute Gasteiger partial charge is 0.299 e. The van der Waals surface area contributed by atoms with Crippen LogP contribution in [0.15, 0.2) is 0 Å². The third-order valence-corrected chi connectivity index (χ3v) is 6.15. The Morgan fingerprint density at radius 3 is 2.80 bits per heavy atom. The molecule has 4 bridgehead atoms. The molecule has 0 amide bonds. The zero-order valence-corrected chi connectivity index (χ0v) is 10.5. The first-order valence-corrected chi connectivity index (χ1v) is 6.56. The van der Waals surface area contributed by atoms with E-state index in [1.54, 1.807) is 0 Å². The summed E-state index contributed by atoms with van der Waals surface area (Å²) < 4.78 is -0.482. The molecule has 3 heteroatoms. The van der Waals surface area contributed by atoms with Gasteiger partial charge in [-0.25, -0.2) is 0 Å². The van der Waals surface area contributed by atoms with Crippen molar-refractivity contribution in [2.45, 2.75) is 43.4 Å². The Balaban J connectivity index is 2.17. The lowest BCUT2D eigenvalue weighted by Gasteiger charge is -2.33. The monoisotopic (exact) mass is 270 g/mol. The Kier molecular flexibility index (Phi) is 1.82. The van der Waals surface area contributed by atoms with Crippen LogP contribution in [0.1, 0.15) is 39.0 Å². The van der Waals surface area contributed by atoms with Crippen molar-refractivity contribution in [2.75, 3.05) is 0 Å². The number of rotatable bonds is 0. The lowest BCUT2D eigenvalue weighted by atomic mass is 9.71. The molecular formula is C12H15BrO2. The van der Waals surface area contributed by atoms with Crippen molar-refractivity contribution in [3.05, 3.63) is 0 Å². The first-order valence-electron chi connectivity index (χ1n) is 5.77. The first-order chi connectivity index (χ1) is 7.00. The SMILES string of the molecule is C[C@@]12CCCC(=O)[C@H]3[C@@H]1CC[C@@]3(Br)C2=O. The van der Waals surface area contributed by atoms with Crippen LogP contribution in [0.25, 0.3) is 0 Å². The fourth-order valence-electron chi connectivity index (χ4n) is 4.15. The average molecular weight is 271 g/mol. The number of Topliss-reactive ketones (excluding diaryl/α,β-unsaturated/α-hetero) is 2. The van der Waals surface area contributed by atoms with E-state index in [1.165, 1.54) is 0 Å². The van der Waals surface area contributed by atoms with Crippen LogP contribution in [0.3, 0.4) is 0 Å². The van der Waals surface area contributed by atoms with Gasteiger partial charge in [-0.05, 0) is 31.6 Å². The van der Waals surface area contributed by atoms with Crippen molar-refractivity contribution in [1.29, 1.82) is 0 Å². The highest BCUT2D eigenvalue weighted by Crippen LogP contribution is 2.65. The second kappa shape index (κ2) is 2.73. The van der Waals surface area contributed by atoms with E-state index >= 15 is 0 Å². The highest BCUT2D eigenvalue weighted by molar-refractivity contribution is 9.10. The minimum absolute atomic E-state index is 0.0162. The quantitative estimate of drug-likeness (QED) is 0.634. The van der Waals surface area contributed by atoms with Crippen LogP contribution in [0.4, 0.5) is 0 Å². The summed E-state index contributed by atoms with van der Waals surface area (Å²) in [7, 11) is 0. The molecule has 0 aromatic rings. The van der Waals surface area contributed by atoms with Crippen molar-refractivity contribution in [3.8, 4) is 0 Å². The number of alkyl halides is 1. The van der Waals surface area contributed by atoms with Gasteiger partial charge in [0.15, 0.2) is 5.78 Å². The summed E-state index contributed by atoms with van der Waals surface area (Å²) in [6.45, 7) is 2.08. The fraction of sp³-hybridized carbons (Fsp3) is 0.833. The molecule has 0 aromatic heterocycles. The highest BCUT2D eigenvalue weighted by atomic mass is 79.9. The maximum atomic E-state index is 12.4. The number of ketones is 2. The molecule has 0 spiro atoms. The molecule has 3 rings (SSSR count). The Bertz CT molecular complexity index is 365. The minimum Gasteiger partial charge on any atom is -0.299 e. The standard InChI is InChI=1S/C12H15BrO2/c1-11-5-2-3-8(14)9-7(11)4-6-12(9,13)10(11)15/h7,9H,2-6H2,1H3/t7-,9+,11+,12-/m0/s1. The van der Waals surface area contributed by atoms with Crippen LogP contribution in [0.2, 0.25) is 0 Å². The zero-order chi connectivity index (χ0) is 10.8. The van der Waals surface area contributed by atoms with Crippen LogP contribution in [0, 0.1) is 17.3 Å². The molecule has 0 unspecified atom stereocenters. The summed E-state index contributed by atoms with van der Waals surface area (Å²) in [5, 5.41) is 0. The lowest BCUT2D eigenvalue weighted by molar-refractivity contribution is -0.131. The predicted molar refractivity (Wildman–Crippen MR) is 59.8 cm³/mol. The van der Waals surface area contributed by atoms with Crippen molar-refractivity contribution in [1.82, 2.24) is 0 Å². The molecule has 3 fully saturated rings. The molecule has 4 atom stereocenters. The molecule has 0 aliphatic heterocycles. The topological polar surface area (TPSA) is 34.1 Å². The summed E-state index contributed by atoms with van der Waals surface area (Å²) in [6, 6.07) is 0.